The summed E-state index contributed by atoms with van der Waals surface area (Å²) >= 11 is 0. The highest BCUT2D eigenvalue weighted by Crippen LogP contribution is 2.33. The second kappa shape index (κ2) is 4.79. The van der Waals surface area contributed by atoms with E-state index < -0.39 is 0 Å². The number of hydrogen-bond acceptors (Lipinski definition) is 2. The summed E-state index contributed by atoms with van der Waals surface area (Å²) in [4.78, 5) is 2.69. The number of nitrogens with zero attached hydrogens (tertiary/aromatic N) is 1. The van der Waals surface area contributed by atoms with Crippen LogP contribution in [0.5, 0.6) is 0 Å². The Kier molecular flexibility index (Phi) is 3.17. The topological polar surface area (TPSA) is 15.3 Å². The molecule has 1 aromatic rings. The van der Waals surface area contributed by atoms with Crippen LogP contribution in [0, 0.1) is 5.92 Å². The van der Waals surface area contributed by atoms with Gasteiger partial charge in [-0.05, 0) is 31.2 Å². The molecule has 17 heavy (non-hydrogen) atoms. The van der Waals surface area contributed by atoms with Gasteiger partial charge in [-0.15, -0.1) is 0 Å². The Balaban J connectivity index is 1.75. The SMILES string of the molecule is CC1CN(CC2CC2)C(c2ccccc2)CN1. The summed E-state index contributed by atoms with van der Waals surface area (Å²) < 4.78 is 0. The van der Waals surface area contributed by atoms with Gasteiger partial charge in [0.05, 0.1) is 0 Å². The summed E-state index contributed by atoms with van der Waals surface area (Å²) in [5.74, 6) is 0.978. The van der Waals surface area contributed by atoms with Gasteiger partial charge in [0.15, 0.2) is 0 Å². The molecule has 0 spiro atoms. The van der Waals surface area contributed by atoms with E-state index in [2.05, 4.69) is 47.5 Å². The fourth-order valence-corrected chi connectivity index (χ4v) is 2.82. The zero-order valence-electron chi connectivity index (χ0n) is 10.6. The zero-order chi connectivity index (χ0) is 11.7. The van der Waals surface area contributed by atoms with E-state index in [-0.39, 0.29) is 0 Å². The summed E-state index contributed by atoms with van der Waals surface area (Å²) in [5.41, 5.74) is 1.47. The maximum absolute atomic E-state index is 3.61. The highest BCUT2D eigenvalue weighted by atomic mass is 15.2. The van der Waals surface area contributed by atoms with Crippen molar-refractivity contribution < 1.29 is 0 Å². The van der Waals surface area contributed by atoms with Gasteiger partial charge in [-0.25, -0.2) is 0 Å². The molecule has 0 aromatic heterocycles. The summed E-state index contributed by atoms with van der Waals surface area (Å²) in [6.45, 7) is 5.88. The summed E-state index contributed by atoms with van der Waals surface area (Å²) in [7, 11) is 0. The standard InChI is InChI=1S/C15H22N2/c1-12-10-17(11-13-7-8-13)15(9-16-12)14-5-3-2-4-6-14/h2-6,12-13,15-16H,7-11H2,1H3. The highest BCUT2D eigenvalue weighted by Gasteiger charge is 2.32. The largest absolute Gasteiger partial charge is 0.311 e. The van der Waals surface area contributed by atoms with Crippen molar-refractivity contribution in [2.75, 3.05) is 19.6 Å². The maximum atomic E-state index is 3.61. The molecule has 2 fully saturated rings. The molecule has 2 unspecified atom stereocenters. The molecule has 0 amide bonds. The first-order valence-electron chi connectivity index (χ1n) is 6.85. The van der Waals surface area contributed by atoms with Crippen LogP contribution in [-0.4, -0.2) is 30.6 Å². The first-order chi connectivity index (χ1) is 8.33. The molecule has 0 bridgehead atoms. The molecule has 1 aromatic carbocycles. The van der Waals surface area contributed by atoms with Crippen molar-refractivity contribution >= 4 is 0 Å². The Morgan fingerprint density at radius 3 is 2.71 bits per heavy atom. The predicted octanol–water partition coefficient (Wildman–Crippen LogP) is 2.43. The van der Waals surface area contributed by atoms with E-state index in [1.165, 1.54) is 31.5 Å². The molecule has 0 radical (unpaired) electrons. The normalized spacial score (nSPS) is 30.4. The minimum Gasteiger partial charge on any atom is -0.311 e. The lowest BCUT2D eigenvalue weighted by atomic mass is 10.0. The van der Waals surface area contributed by atoms with Crippen molar-refractivity contribution in [3.8, 4) is 0 Å². The van der Waals surface area contributed by atoms with Crippen molar-refractivity contribution in [1.82, 2.24) is 10.2 Å². The quantitative estimate of drug-likeness (QED) is 0.858. The second-order valence-corrected chi connectivity index (χ2v) is 5.63. The third kappa shape index (κ3) is 2.70. The van der Waals surface area contributed by atoms with Crippen molar-refractivity contribution in [2.45, 2.75) is 31.8 Å². The molecule has 92 valence electrons. The molecular formula is C15H22N2. The average molecular weight is 230 g/mol. The first kappa shape index (κ1) is 11.2. The fraction of sp³-hybridized carbons (Fsp3) is 0.600. The lowest BCUT2D eigenvalue weighted by molar-refractivity contribution is 0.129. The lowest BCUT2D eigenvalue weighted by Crippen LogP contribution is -2.51. The van der Waals surface area contributed by atoms with Crippen LogP contribution in [0.2, 0.25) is 0 Å². The number of benzene rings is 1. The maximum Gasteiger partial charge on any atom is 0.0473 e. The summed E-state index contributed by atoms with van der Waals surface area (Å²) in [5, 5.41) is 3.61. The van der Waals surface area contributed by atoms with E-state index >= 15 is 0 Å². The Bertz CT molecular complexity index is 356. The number of nitrogens with one attached hydrogen (secondary N) is 1. The minimum absolute atomic E-state index is 0.577. The summed E-state index contributed by atoms with van der Waals surface area (Å²) in [6.07, 6.45) is 2.89. The van der Waals surface area contributed by atoms with Crippen molar-refractivity contribution in [3.63, 3.8) is 0 Å². The van der Waals surface area contributed by atoms with Crippen molar-refractivity contribution in [2.24, 2.45) is 5.92 Å². The highest BCUT2D eigenvalue weighted by molar-refractivity contribution is 5.20. The van der Waals surface area contributed by atoms with E-state index in [0.717, 1.165) is 12.5 Å². The van der Waals surface area contributed by atoms with E-state index in [9.17, 15) is 0 Å². The van der Waals surface area contributed by atoms with Crippen LogP contribution in [0.15, 0.2) is 30.3 Å². The van der Waals surface area contributed by atoms with Gasteiger partial charge in [0.1, 0.15) is 0 Å². The molecule has 1 aliphatic heterocycles. The fourth-order valence-electron chi connectivity index (χ4n) is 2.82. The second-order valence-electron chi connectivity index (χ2n) is 5.63. The molecule has 1 N–H and O–H groups in total. The third-order valence-corrected chi connectivity index (χ3v) is 3.98. The van der Waals surface area contributed by atoms with Gasteiger partial charge in [0, 0.05) is 31.7 Å². The first-order valence-corrected chi connectivity index (χ1v) is 6.85. The molecule has 1 saturated heterocycles. The molecule has 1 aliphatic carbocycles. The van der Waals surface area contributed by atoms with Gasteiger partial charge >= 0.3 is 0 Å². The van der Waals surface area contributed by atoms with E-state index in [1.54, 1.807) is 0 Å². The molecule has 3 rings (SSSR count). The van der Waals surface area contributed by atoms with Crippen molar-refractivity contribution in [3.05, 3.63) is 35.9 Å². The zero-order valence-corrected chi connectivity index (χ0v) is 10.6. The van der Waals surface area contributed by atoms with E-state index in [0.29, 0.717) is 12.1 Å². The van der Waals surface area contributed by atoms with Crippen LogP contribution in [0.4, 0.5) is 0 Å². The smallest absolute Gasteiger partial charge is 0.0473 e. The van der Waals surface area contributed by atoms with Crippen LogP contribution in [0.3, 0.4) is 0 Å². The molecule has 2 nitrogen and oxygen atoms in total. The predicted molar refractivity (Wildman–Crippen MR) is 70.9 cm³/mol. The van der Waals surface area contributed by atoms with Crippen LogP contribution < -0.4 is 5.32 Å². The van der Waals surface area contributed by atoms with Gasteiger partial charge in [-0.3, -0.25) is 4.90 Å². The Morgan fingerprint density at radius 2 is 2.00 bits per heavy atom. The van der Waals surface area contributed by atoms with Gasteiger partial charge in [-0.2, -0.15) is 0 Å². The van der Waals surface area contributed by atoms with Crippen LogP contribution in [-0.2, 0) is 0 Å². The lowest BCUT2D eigenvalue weighted by Gasteiger charge is -2.39. The van der Waals surface area contributed by atoms with Crippen molar-refractivity contribution in [1.29, 1.82) is 0 Å². The van der Waals surface area contributed by atoms with Crippen LogP contribution >= 0.6 is 0 Å². The molecule has 2 heteroatoms. The van der Waals surface area contributed by atoms with E-state index in [4.69, 9.17) is 0 Å². The molecular weight excluding hydrogens is 208 g/mol. The number of rotatable bonds is 3. The average Bonchev–Trinajstić information content (AvgIpc) is 3.14. The molecule has 1 heterocycles. The Hall–Kier alpha value is -0.860. The monoisotopic (exact) mass is 230 g/mol. The van der Waals surface area contributed by atoms with E-state index in [1.807, 2.05) is 0 Å². The van der Waals surface area contributed by atoms with Crippen LogP contribution in [0.25, 0.3) is 0 Å². The number of piperazine rings is 1. The molecule has 2 atom stereocenters. The Labute approximate surface area is 104 Å². The molecule has 2 aliphatic rings. The molecule has 1 saturated carbocycles. The van der Waals surface area contributed by atoms with Gasteiger partial charge < -0.3 is 5.32 Å². The number of hydrogen-bond donors (Lipinski definition) is 1. The Morgan fingerprint density at radius 1 is 1.24 bits per heavy atom. The van der Waals surface area contributed by atoms with Gasteiger partial charge in [0.25, 0.3) is 0 Å². The third-order valence-electron chi connectivity index (χ3n) is 3.98. The summed E-state index contributed by atoms with van der Waals surface area (Å²) in [6, 6.07) is 12.2. The van der Waals surface area contributed by atoms with Crippen LogP contribution in [0.1, 0.15) is 31.4 Å². The van der Waals surface area contributed by atoms with Gasteiger partial charge in [-0.1, -0.05) is 30.3 Å². The minimum atomic E-state index is 0.577. The van der Waals surface area contributed by atoms with Gasteiger partial charge in [0.2, 0.25) is 0 Å².